The average molecular weight is 336 g/mol. The van der Waals surface area contributed by atoms with Crippen molar-refractivity contribution in [2.45, 2.75) is 42.9 Å². The maximum absolute atomic E-state index is 12.3. The van der Waals surface area contributed by atoms with Gasteiger partial charge in [-0.25, -0.2) is 23.1 Å². The lowest BCUT2D eigenvalue weighted by molar-refractivity contribution is 0.138. The van der Waals surface area contributed by atoms with Gasteiger partial charge in [-0.05, 0) is 31.7 Å². The minimum absolute atomic E-state index is 0.0619. The van der Waals surface area contributed by atoms with Gasteiger partial charge in [-0.1, -0.05) is 6.07 Å². The van der Waals surface area contributed by atoms with Gasteiger partial charge in [-0.3, -0.25) is 0 Å². The van der Waals surface area contributed by atoms with Crippen LogP contribution in [0.15, 0.2) is 41.9 Å². The molecule has 124 valence electrons. The van der Waals surface area contributed by atoms with Crippen LogP contribution in [0, 0.1) is 0 Å². The number of pyridine rings is 1. The Bertz CT molecular complexity index is 737. The summed E-state index contributed by atoms with van der Waals surface area (Å²) in [5.41, 5.74) is 0. The van der Waals surface area contributed by atoms with E-state index in [4.69, 9.17) is 4.74 Å². The van der Waals surface area contributed by atoms with Gasteiger partial charge in [0.1, 0.15) is 6.10 Å². The summed E-state index contributed by atoms with van der Waals surface area (Å²) < 4.78 is 34.7. The lowest BCUT2D eigenvalue weighted by atomic mass is 9.94. The molecule has 23 heavy (non-hydrogen) atoms. The second-order valence-corrected chi connectivity index (χ2v) is 7.42. The van der Waals surface area contributed by atoms with Crippen molar-refractivity contribution in [1.82, 2.24) is 19.3 Å². The Kier molecular flexibility index (Phi) is 4.63. The van der Waals surface area contributed by atoms with Crippen molar-refractivity contribution < 1.29 is 13.2 Å². The minimum Gasteiger partial charge on any atom is -0.474 e. The number of nitrogens with one attached hydrogen (secondary N) is 1. The van der Waals surface area contributed by atoms with Crippen LogP contribution >= 0.6 is 0 Å². The first-order chi connectivity index (χ1) is 11.0. The van der Waals surface area contributed by atoms with Crippen molar-refractivity contribution in [3.8, 4) is 5.88 Å². The van der Waals surface area contributed by atoms with E-state index in [9.17, 15) is 8.42 Å². The lowest BCUT2D eigenvalue weighted by Gasteiger charge is -2.28. The fourth-order valence-corrected chi connectivity index (χ4v) is 3.98. The number of aromatic nitrogens is 3. The highest BCUT2D eigenvalue weighted by Gasteiger charge is 2.27. The fourth-order valence-electron chi connectivity index (χ4n) is 2.69. The van der Waals surface area contributed by atoms with Gasteiger partial charge in [-0.15, -0.1) is 0 Å². The smallest absolute Gasteiger partial charge is 0.259 e. The summed E-state index contributed by atoms with van der Waals surface area (Å²) in [6, 6.07) is 5.48. The molecule has 2 aromatic rings. The molecule has 0 aromatic carbocycles. The van der Waals surface area contributed by atoms with Crippen molar-refractivity contribution in [1.29, 1.82) is 0 Å². The van der Waals surface area contributed by atoms with Gasteiger partial charge in [-0.2, -0.15) is 0 Å². The normalized spacial score (nSPS) is 22.0. The SMILES string of the molecule is Cn1cnc(S(=O)(=O)NC2CCC(Oc3ccccn3)CC2)c1. The summed E-state index contributed by atoms with van der Waals surface area (Å²) >= 11 is 0. The second-order valence-electron chi connectivity index (χ2n) is 5.76. The number of nitrogens with zero attached hydrogens (tertiary/aromatic N) is 3. The number of aryl methyl sites for hydroxylation is 1. The molecule has 0 amide bonds. The Labute approximate surface area is 135 Å². The van der Waals surface area contributed by atoms with Crippen LogP contribution in [-0.4, -0.2) is 35.1 Å². The second kappa shape index (κ2) is 6.67. The number of imidazole rings is 1. The van der Waals surface area contributed by atoms with Gasteiger partial charge in [0.2, 0.25) is 5.88 Å². The molecule has 0 atom stereocenters. The first-order valence-corrected chi connectivity index (χ1v) is 9.09. The predicted octanol–water partition coefficient (Wildman–Crippen LogP) is 1.48. The topological polar surface area (TPSA) is 86.1 Å². The number of hydrogen-bond donors (Lipinski definition) is 1. The molecular formula is C15H20N4O3S. The molecule has 0 spiro atoms. The number of hydrogen-bond acceptors (Lipinski definition) is 5. The van der Waals surface area contributed by atoms with Gasteiger partial charge in [0, 0.05) is 31.5 Å². The van der Waals surface area contributed by atoms with Crippen LogP contribution in [0.5, 0.6) is 5.88 Å². The summed E-state index contributed by atoms with van der Waals surface area (Å²) in [7, 11) is -1.81. The molecular weight excluding hydrogens is 316 g/mol. The van der Waals surface area contributed by atoms with Crippen LogP contribution in [-0.2, 0) is 17.1 Å². The average Bonchev–Trinajstić information content (AvgIpc) is 2.98. The van der Waals surface area contributed by atoms with Crippen molar-refractivity contribution in [3.63, 3.8) is 0 Å². The summed E-state index contributed by atoms with van der Waals surface area (Å²) in [4.78, 5) is 8.05. The molecule has 1 aliphatic rings. The van der Waals surface area contributed by atoms with Gasteiger partial charge >= 0.3 is 0 Å². The number of ether oxygens (including phenoxy) is 1. The highest BCUT2D eigenvalue weighted by Crippen LogP contribution is 2.23. The third-order valence-electron chi connectivity index (χ3n) is 3.88. The standard InChI is InChI=1S/C15H20N4O3S/c1-19-10-15(17-11-19)23(20,21)18-12-5-7-13(8-6-12)22-14-4-2-3-9-16-14/h2-4,9-13,18H,5-8H2,1H3. The molecule has 2 aromatic heterocycles. The van der Waals surface area contributed by atoms with E-state index < -0.39 is 10.0 Å². The van der Waals surface area contributed by atoms with Crippen molar-refractivity contribution in [2.24, 2.45) is 7.05 Å². The van der Waals surface area contributed by atoms with Gasteiger partial charge in [0.15, 0.2) is 5.03 Å². The van der Waals surface area contributed by atoms with Gasteiger partial charge in [0.25, 0.3) is 10.0 Å². The Morgan fingerprint density at radius 3 is 2.61 bits per heavy atom. The molecule has 0 saturated heterocycles. The highest BCUT2D eigenvalue weighted by atomic mass is 32.2. The van der Waals surface area contributed by atoms with Crippen molar-refractivity contribution >= 4 is 10.0 Å². The van der Waals surface area contributed by atoms with Crippen LogP contribution in [0.1, 0.15) is 25.7 Å². The molecule has 1 aliphatic carbocycles. The van der Waals surface area contributed by atoms with Crippen LogP contribution in [0.25, 0.3) is 0 Å². The molecule has 2 heterocycles. The van der Waals surface area contributed by atoms with Crippen LogP contribution in [0.2, 0.25) is 0 Å². The monoisotopic (exact) mass is 336 g/mol. The molecule has 3 rings (SSSR count). The van der Waals surface area contributed by atoms with E-state index in [-0.39, 0.29) is 17.2 Å². The molecule has 1 N–H and O–H groups in total. The van der Waals surface area contributed by atoms with E-state index in [0.29, 0.717) is 5.88 Å². The maximum Gasteiger partial charge on any atom is 0.259 e. The molecule has 0 unspecified atom stereocenters. The molecule has 0 radical (unpaired) electrons. The van der Waals surface area contributed by atoms with E-state index in [1.165, 1.54) is 12.5 Å². The lowest BCUT2D eigenvalue weighted by Crippen LogP contribution is -2.39. The third kappa shape index (κ3) is 4.08. The van der Waals surface area contributed by atoms with Crippen molar-refractivity contribution in [2.75, 3.05) is 0 Å². The van der Waals surface area contributed by atoms with E-state index in [0.717, 1.165) is 25.7 Å². The summed E-state index contributed by atoms with van der Waals surface area (Å²) in [6.07, 6.45) is 7.83. The van der Waals surface area contributed by atoms with E-state index in [2.05, 4.69) is 14.7 Å². The Morgan fingerprint density at radius 2 is 2.00 bits per heavy atom. The fraction of sp³-hybridized carbons (Fsp3) is 0.467. The first kappa shape index (κ1) is 15.9. The number of rotatable bonds is 5. The largest absolute Gasteiger partial charge is 0.474 e. The Morgan fingerprint density at radius 1 is 1.22 bits per heavy atom. The maximum atomic E-state index is 12.3. The van der Waals surface area contributed by atoms with Gasteiger partial charge in [0.05, 0.1) is 6.33 Å². The molecule has 0 aliphatic heterocycles. The Hall–Kier alpha value is -1.93. The van der Waals surface area contributed by atoms with E-state index in [1.807, 2.05) is 18.2 Å². The van der Waals surface area contributed by atoms with Gasteiger partial charge < -0.3 is 9.30 Å². The quantitative estimate of drug-likeness (QED) is 0.894. The first-order valence-electron chi connectivity index (χ1n) is 7.61. The molecule has 0 bridgehead atoms. The molecule has 8 heteroatoms. The van der Waals surface area contributed by atoms with E-state index in [1.54, 1.807) is 17.8 Å². The Balaban J connectivity index is 1.53. The summed E-state index contributed by atoms with van der Waals surface area (Å²) in [5.74, 6) is 0.616. The van der Waals surface area contributed by atoms with Crippen molar-refractivity contribution in [3.05, 3.63) is 36.9 Å². The zero-order valence-corrected chi connectivity index (χ0v) is 13.7. The molecule has 7 nitrogen and oxygen atoms in total. The molecule has 1 saturated carbocycles. The summed E-state index contributed by atoms with van der Waals surface area (Å²) in [5, 5.41) is 0.0619. The van der Waals surface area contributed by atoms with Crippen LogP contribution in [0.4, 0.5) is 0 Å². The minimum atomic E-state index is -3.55. The van der Waals surface area contributed by atoms with Crippen LogP contribution in [0.3, 0.4) is 0 Å². The predicted molar refractivity (Wildman–Crippen MR) is 84.4 cm³/mol. The summed E-state index contributed by atoms with van der Waals surface area (Å²) in [6.45, 7) is 0. The zero-order chi connectivity index (χ0) is 16.3. The number of sulfonamides is 1. The third-order valence-corrected chi connectivity index (χ3v) is 5.28. The molecule has 1 fully saturated rings. The van der Waals surface area contributed by atoms with Crippen LogP contribution < -0.4 is 9.46 Å². The van der Waals surface area contributed by atoms with E-state index >= 15 is 0 Å². The highest BCUT2D eigenvalue weighted by molar-refractivity contribution is 7.89. The zero-order valence-electron chi connectivity index (χ0n) is 12.9.